The van der Waals surface area contributed by atoms with Crippen molar-refractivity contribution in [3.8, 4) is 6.07 Å². The average Bonchev–Trinajstić information content (AvgIpc) is 3.61. The van der Waals surface area contributed by atoms with Gasteiger partial charge >= 0.3 is 0 Å². The van der Waals surface area contributed by atoms with Crippen LogP contribution in [0.25, 0.3) is 11.6 Å². The Morgan fingerprint density at radius 2 is 2.03 bits per heavy atom. The average molecular weight is 524 g/mol. The Balaban J connectivity index is 1.13. The largest absolute Gasteiger partial charge is 0.342 e. The molecule has 8 nitrogen and oxygen atoms in total. The first-order valence-corrected chi connectivity index (χ1v) is 14.5. The Hall–Kier alpha value is -2.81. The van der Waals surface area contributed by atoms with Gasteiger partial charge in [0.25, 0.3) is 0 Å². The quantitative estimate of drug-likeness (QED) is 0.469. The number of benzene rings is 1. The highest BCUT2D eigenvalue weighted by Gasteiger charge is 2.49. The number of piperidine rings is 1. The number of hydrogen-bond acceptors (Lipinski definition) is 7. The number of likely N-dealkylation sites (tertiary alicyclic amines) is 1. The van der Waals surface area contributed by atoms with Gasteiger partial charge in [0, 0.05) is 56.4 Å². The number of pyridine rings is 1. The number of amides is 1. The molecule has 4 heterocycles. The molecule has 4 aliphatic rings. The predicted molar refractivity (Wildman–Crippen MR) is 139 cm³/mol. The van der Waals surface area contributed by atoms with Gasteiger partial charge < -0.3 is 10.2 Å². The van der Waals surface area contributed by atoms with Crippen molar-refractivity contribution in [3.63, 3.8) is 0 Å². The van der Waals surface area contributed by atoms with Gasteiger partial charge in [-0.2, -0.15) is 9.57 Å². The van der Waals surface area contributed by atoms with E-state index in [9.17, 15) is 14.4 Å². The van der Waals surface area contributed by atoms with E-state index >= 15 is 0 Å². The van der Waals surface area contributed by atoms with E-state index in [1.807, 2.05) is 29.5 Å². The molecule has 1 aromatic heterocycles. The van der Waals surface area contributed by atoms with Crippen LogP contribution < -0.4 is 5.32 Å². The Morgan fingerprint density at radius 1 is 1.27 bits per heavy atom. The number of hydrogen-bond donors (Lipinski definition) is 1. The summed E-state index contributed by atoms with van der Waals surface area (Å²) in [4.78, 5) is 19.4. The van der Waals surface area contributed by atoms with Gasteiger partial charge in [0.2, 0.25) is 5.91 Å². The summed E-state index contributed by atoms with van der Waals surface area (Å²) in [6, 6.07) is 8.92. The summed E-state index contributed by atoms with van der Waals surface area (Å²) in [5.41, 5.74) is 3.74. The van der Waals surface area contributed by atoms with Crippen molar-refractivity contribution < 1.29 is 17.9 Å². The molecule has 2 aromatic rings. The summed E-state index contributed by atoms with van der Waals surface area (Å²) in [6.07, 6.45) is 10.2. The molecule has 3 fully saturated rings. The molecule has 3 saturated heterocycles. The van der Waals surface area contributed by atoms with Crippen molar-refractivity contribution >= 4 is 28.3 Å². The molecule has 10 heteroatoms. The predicted octanol–water partition coefficient (Wildman–Crippen LogP) is 3.91. The second kappa shape index (κ2) is 9.19. The number of carbonyl (C=O) groups excluding carboxylic acids is 1. The molecule has 1 aromatic carbocycles. The monoisotopic (exact) mass is 523 g/mol. The standard InChI is InChI=1S/C27H30FN5O3S/c1-27(31-23-6-9-32(10-7-23)26(34)22-16-33(17-22)37(2)35-36-37)13-20(12-19-5-8-30-15-24(19)27)18-3-4-25(28)21(11-18)14-29/h3-5,8,11-12,15,22-23,31H,6-7,9-10,13,16-17H2,1-2H3. The number of aromatic nitrogens is 1. The number of nitriles is 1. The maximum Gasteiger partial charge on any atom is 0.228 e. The second-order valence-corrected chi connectivity index (χ2v) is 12.9. The van der Waals surface area contributed by atoms with E-state index in [-0.39, 0.29) is 29.0 Å². The van der Waals surface area contributed by atoms with E-state index < -0.39 is 16.6 Å². The van der Waals surface area contributed by atoms with Crippen molar-refractivity contribution in [3.05, 3.63) is 64.7 Å². The second-order valence-electron chi connectivity index (χ2n) is 10.6. The molecule has 0 bridgehead atoms. The molecule has 1 amide bonds. The van der Waals surface area contributed by atoms with Gasteiger partial charge in [0.1, 0.15) is 11.9 Å². The van der Waals surface area contributed by atoms with Crippen LogP contribution in [0.15, 0.2) is 36.7 Å². The summed E-state index contributed by atoms with van der Waals surface area (Å²) in [6.45, 7) is 5.05. The minimum atomic E-state index is -1.49. The zero-order chi connectivity index (χ0) is 25.8. The number of nitrogens with one attached hydrogen (secondary N) is 1. The highest BCUT2D eigenvalue weighted by Crippen LogP contribution is 2.67. The third kappa shape index (κ3) is 4.56. The van der Waals surface area contributed by atoms with Gasteiger partial charge in [0.15, 0.2) is 0 Å². The SMILES string of the molecule is CC1(NC2CCN(C(=O)C3CN(S4(C)OO4)C3)CC2)CC(c2ccc(F)c(C#N)c2)=Cc2ccncc21. The number of rotatable bonds is 5. The summed E-state index contributed by atoms with van der Waals surface area (Å²) < 4.78 is 26.3. The lowest BCUT2D eigenvalue weighted by Crippen LogP contribution is -2.56. The Kier molecular flexibility index (Phi) is 6.09. The van der Waals surface area contributed by atoms with Gasteiger partial charge in [-0.3, -0.25) is 9.78 Å². The highest BCUT2D eigenvalue weighted by atomic mass is 32.3. The van der Waals surface area contributed by atoms with Crippen molar-refractivity contribution in [2.75, 3.05) is 32.4 Å². The molecule has 37 heavy (non-hydrogen) atoms. The molecule has 1 atom stereocenters. The Morgan fingerprint density at radius 3 is 2.73 bits per heavy atom. The highest BCUT2D eigenvalue weighted by molar-refractivity contribution is 8.26. The third-order valence-electron chi connectivity index (χ3n) is 8.04. The zero-order valence-electron chi connectivity index (χ0n) is 20.9. The van der Waals surface area contributed by atoms with E-state index in [0.717, 1.165) is 48.2 Å². The summed E-state index contributed by atoms with van der Waals surface area (Å²) in [7, 11) is -1.49. The van der Waals surface area contributed by atoms with Crippen LogP contribution in [0.1, 0.15) is 48.4 Å². The fourth-order valence-corrected chi connectivity index (χ4v) is 7.17. The number of fused-ring (bicyclic) bond motifs is 1. The van der Waals surface area contributed by atoms with E-state index in [4.69, 9.17) is 8.67 Å². The van der Waals surface area contributed by atoms with Crippen LogP contribution in [0, 0.1) is 23.1 Å². The van der Waals surface area contributed by atoms with Crippen LogP contribution in [0.4, 0.5) is 4.39 Å². The van der Waals surface area contributed by atoms with Gasteiger partial charge in [-0.15, -0.1) is 0 Å². The minimum absolute atomic E-state index is 0.0251. The Bertz CT molecular complexity index is 1310. The van der Waals surface area contributed by atoms with E-state index in [2.05, 4.69) is 27.6 Å². The number of nitrogens with zero attached hydrogens (tertiary/aromatic N) is 4. The van der Waals surface area contributed by atoms with Gasteiger partial charge in [-0.05, 0) is 66.6 Å². The Labute approximate surface area is 217 Å². The first kappa shape index (κ1) is 24.5. The molecular weight excluding hydrogens is 493 g/mol. The van der Waals surface area contributed by atoms with Crippen LogP contribution in [0.2, 0.25) is 0 Å². The zero-order valence-corrected chi connectivity index (χ0v) is 21.8. The first-order chi connectivity index (χ1) is 17.8. The van der Waals surface area contributed by atoms with E-state index in [1.165, 1.54) is 6.07 Å². The molecule has 0 spiro atoms. The van der Waals surface area contributed by atoms with Crippen LogP contribution in [-0.2, 0) is 19.0 Å². The lowest BCUT2D eigenvalue weighted by Gasteiger charge is -2.45. The molecule has 1 aliphatic carbocycles. The normalized spacial score (nSPS) is 26.4. The van der Waals surface area contributed by atoms with Crippen molar-refractivity contribution in [1.29, 1.82) is 5.26 Å². The molecule has 3 aliphatic heterocycles. The summed E-state index contributed by atoms with van der Waals surface area (Å²) >= 11 is 0. The maximum absolute atomic E-state index is 14.0. The summed E-state index contributed by atoms with van der Waals surface area (Å²) in [5.74, 6) is -0.252. The lowest BCUT2D eigenvalue weighted by atomic mass is 9.76. The van der Waals surface area contributed by atoms with E-state index in [0.29, 0.717) is 19.5 Å². The minimum Gasteiger partial charge on any atom is -0.342 e. The molecule has 194 valence electrons. The molecule has 6 rings (SSSR count). The molecule has 1 N–H and O–H groups in total. The van der Waals surface area contributed by atoms with Crippen molar-refractivity contribution in [1.82, 2.24) is 19.5 Å². The van der Waals surface area contributed by atoms with Gasteiger partial charge in [0.05, 0.1) is 11.5 Å². The van der Waals surface area contributed by atoms with Crippen LogP contribution in [-0.4, -0.2) is 58.6 Å². The van der Waals surface area contributed by atoms with Crippen molar-refractivity contribution in [2.45, 2.75) is 37.8 Å². The fraction of sp³-hybridized carbons (Fsp3) is 0.444. The first-order valence-electron chi connectivity index (χ1n) is 12.6. The number of halogens is 1. The topological polar surface area (TPSA) is 97.3 Å². The lowest BCUT2D eigenvalue weighted by molar-refractivity contribution is -0.140. The summed E-state index contributed by atoms with van der Waals surface area (Å²) in [5, 5.41) is 13.2. The van der Waals surface area contributed by atoms with Crippen LogP contribution in [0.3, 0.4) is 0 Å². The third-order valence-corrected chi connectivity index (χ3v) is 9.81. The molecule has 0 saturated carbocycles. The molecule has 1 unspecified atom stereocenters. The van der Waals surface area contributed by atoms with E-state index in [1.54, 1.807) is 18.3 Å². The van der Waals surface area contributed by atoms with Gasteiger partial charge in [-0.25, -0.2) is 4.39 Å². The van der Waals surface area contributed by atoms with Crippen LogP contribution >= 0.6 is 10.8 Å². The molecular formula is C27H30FN5O3S. The van der Waals surface area contributed by atoms with Gasteiger partial charge in [-0.1, -0.05) is 31.6 Å². The van der Waals surface area contributed by atoms with Crippen molar-refractivity contribution in [2.24, 2.45) is 5.92 Å². The maximum atomic E-state index is 14.0. The molecule has 0 radical (unpaired) electrons. The van der Waals surface area contributed by atoms with Crippen LogP contribution in [0.5, 0.6) is 0 Å². The number of carbonyl (C=O) groups is 1. The smallest absolute Gasteiger partial charge is 0.228 e. The fourth-order valence-electron chi connectivity index (χ4n) is 5.78.